The van der Waals surface area contributed by atoms with Crippen molar-refractivity contribution >= 4 is 0 Å². The summed E-state index contributed by atoms with van der Waals surface area (Å²) < 4.78 is 37.7. The van der Waals surface area contributed by atoms with E-state index in [-0.39, 0.29) is 11.5 Å². The smallest absolute Gasteiger partial charge is 0.324 e. The summed E-state index contributed by atoms with van der Waals surface area (Å²) in [6, 6.07) is 5.12. The number of hydrogen-bond donors (Lipinski definition) is 1. The number of halogens is 3. The molecule has 0 radical (unpaired) electrons. The first-order valence-corrected chi connectivity index (χ1v) is 7.14. The molecule has 2 atom stereocenters. The molecule has 1 aromatic carbocycles. The molecule has 0 amide bonds. The fraction of sp³-hybridized carbons (Fsp3) is 0.625. The zero-order chi connectivity index (χ0) is 15.0. The quantitative estimate of drug-likeness (QED) is 0.820. The van der Waals surface area contributed by atoms with Crippen LogP contribution in [0.1, 0.15) is 56.7 Å². The van der Waals surface area contributed by atoms with Crippen molar-refractivity contribution in [3.8, 4) is 0 Å². The van der Waals surface area contributed by atoms with Crippen molar-refractivity contribution in [2.45, 2.75) is 51.7 Å². The van der Waals surface area contributed by atoms with E-state index in [4.69, 9.17) is 5.73 Å². The minimum atomic E-state index is -4.28. The third-order valence-electron chi connectivity index (χ3n) is 4.65. The third-order valence-corrected chi connectivity index (χ3v) is 4.65. The monoisotopic (exact) mass is 285 g/mol. The number of benzene rings is 1. The fourth-order valence-electron chi connectivity index (χ4n) is 3.31. The number of hydrogen-bond acceptors (Lipinski definition) is 1. The largest absolute Gasteiger partial charge is 0.416 e. The van der Waals surface area contributed by atoms with E-state index >= 15 is 0 Å². The summed E-state index contributed by atoms with van der Waals surface area (Å²) in [4.78, 5) is 0. The SMILES string of the molecule is CC1(C)CCCCC1C(N)c1ccc(C(F)(F)F)cc1. The van der Waals surface area contributed by atoms with Gasteiger partial charge in [0, 0.05) is 6.04 Å². The fourth-order valence-corrected chi connectivity index (χ4v) is 3.31. The third kappa shape index (κ3) is 3.17. The summed E-state index contributed by atoms with van der Waals surface area (Å²) in [5, 5.41) is 0. The van der Waals surface area contributed by atoms with Gasteiger partial charge in [0.1, 0.15) is 0 Å². The first-order chi connectivity index (χ1) is 9.22. The number of nitrogens with two attached hydrogens (primary N) is 1. The van der Waals surface area contributed by atoms with Crippen molar-refractivity contribution in [1.29, 1.82) is 0 Å². The standard InChI is InChI=1S/C16H22F3N/c1-15(2)10-4-3-5-13(15)14(20)11-6-8-12(9-7-11)16(17,18)19/h6-9,13-14H,3-5,10,20H2,1-2H3. The molecule has 1 fully saturated rings. The summed E-state index contributed by atoms with van der Waals surface area (Å²) in [6.07, 6.45) is 0.263. The second-order valence-electron chi connectivity index (χ2n) is 6.49. The van der Waals surface area contributed by atoms with Gasteiger partial charge in [-0.1, -0.05) is 38.8 Å². The lowest BCUT2D eigenvalue weighted by Crippen LogP contribution is -2.36. The van der Waals surface area contributed by atoms with E-state index in [1.165, 1.54) is 18.6 Å². The zero-order valence-corrected chi connectivity index (χ0v) is 12.0. The molecule has 1 aromatic rings. The molecule has 0 bridgehead atoms. The van der Waals surface area contributed by atoms with Crippen molar-refractivity contribution in [1.82, 2.24) is 0 Å². The second-order valence-corrected chi connectivity index (χ2v) is 6.49. The molecule has 1 aliphatic rings. The zero-order valence-electron chi connectivity index (χ0n) is 12.0. The molecule has 0 heterocycles. The van der Waals surface area contributed by atoms with Crippen LogP contribution in [0, 0.1) is 11.3 Å². The first kappa shape index (κ1) is 15.4. The molecule has 20 heavy (non-hydrogen) atoms. The van der Waals surface area contributed by atoms with Gasteiger partial charge in [0.15, 0.2) is 0 Å². The molecular weight excluding hydrogens is 263 g/mol. The van der Waals surface area contributed by atoms with Crippen LogP contribution in [0.4, 0.5) is 13.2 Å². The lowest BCUT2D eigenvalue weighted by Gasteiger charge is -2.42. The summed E-state index contributed by atoms with van der Waals surface area (Å²) in [5.74, 6) is 0.327. The molecule has 0 spiro atoms. The van der Waals surface area contributed by atoms with Gasteiger partial charge in [0.05, 0.1) is 5.56 Å². The lowest BCUT2D eigenvalue weighted by atomic mass is 9.65. The van der Waals surface area contributed by atoms with Gasteiger partial charge in [0.2, 0.25) is 0 Å². The Labute approximate surface area is 118 Å². The summed E-state index contributed by atoms with van der Waals surface area (Å²) >= 11 is 0. The van der Waals surface area contributed by atoms with E-state index < -0.39 is 11.7 Å². The van der Waals surface area contributed by atoms with Crippen LogP contribution in [0.25, 0.3) is 0 Å². The van der Waals surface area contributed by atoms with Crippen LogP contribution >= 0.6 is 0 Å². The Hall–Kier alpha value is -1.03. The topological polar surface area (TPSA) is 26.0 Å². The molecule has 2 unspecified atom stereocenters. The van der Waals surface area contributed by atoms with Crippen LogP contribution in [-0.2, 0) is 6.18 Å². The second kappa shape index (κ2) is 5.40. The average Bonchev–Trinajstić information content (AvgIpc) is 2.36. The highest BCUT2D eigenvalue weighted by molar-refractivity contribution is 5.27. The molecule has 1 saturated carbocycles. The van der Waals surface area contributed by atoms with Crippen molar-refractivity contribution in [2.75, 3.05) is 0 Å². The highest BCUT2D eigenvalue weighted by Gasteiger charge is 2.37. The van der Waals surface area contributed by atoms with Gasteiger partial charge in [-0.25, -0.2) is 0 Å². The first-order valence-electron chi connectivity index (χ1n) is 7.14. The Morgan fingerprint density at radius 3 is 2.25 bits per heavy atom. The lowest BCUT2D eigenvalue weighted by molar-refractivity contribution is -0.137. The Morgan fingerprint density at radius 2 is 1.75 bits per heavy atom. The normalized spacial score (nSPS) is 24.4. The molecule has 0 aromatic heterocycles. The van der Waals surface area contributed by atoms with Gasteiger partial charge in [-0.05, 0) is 41.9 Å². The van der Waals surface area contributed by atoms with Crippen molar-refractivity contribution in [3.05, 3.63) is 35.4 Å². The van der Waals surface area contributed by atoms with Gasteiger partial charge in [0.25, 0.3) is 0 Å². The van der Waals surface area contributed by atoms with E-state index in [0.29, 0.717) is 5.92 Å². The van der Waals surface area contributed by atoms with Crippen molar-refractivity contribution in [2.24, 2.45) is 17.1 Å². The van der Waals surface area contributed by atoms with Gasteiger partial charge in [-0.2, -0.15) is 13.2 Å². The van der Waals surface area contributed by atoms with Gasteiger partial charge < -0.3 is 5.73 Å². The van der Waals surface area contributed by atoms with E-state index in [0.717, 1.165) is 37.0 Å². The Kier molecular flexibility index (Phi) is 4.14. The summed E-state index contributed by atoms with van der Waals surface area (Å²) in [7, 11) is 0. The average molecular weight is 285 g/mol. The minimum absolute atomic E-state index is 0.153. The molecule has 1 nitrogen and oxygen atoms in total. The minimum Gasteiger partial charge on any atom is -0.324 e. The molecule has 2 rings (SSSR count). The Balaban J connectivity index is 2.18. The molecule has 0 aliphatic heterocycles. The molecule has 2 N–H and O–H groups in total. The summed E-state index contributed by atoms with van der Waals surface area (Å²) in [6.45, 7) is 4.42. The maximum atomic E-state index is 12.6. The summed E-state index contributed by atoms with van der Waals surface area (Å²) in [5.41, 5.74) is 6.67. The van der Waals surface area contributed by atoms with Crippen LogP contribution in [0.15, 0.2) is 24.3 Å². The van der Waals surface area contributed by atoms with Crippen LogP contribution in [-0.4, -0.2) is 0 Å². The van der Waals surface area contributed by atoms with Crippen molar-refractivity contribution in [3.63, 3.8) is 0 Å². The van der Waals surface area contributed by atoms with Gasteiger partial charge in [-0.3, -0.25) is 0 Å². The molecule has 4 heteroatoms. The maximum absolute atomic E-state index is 12.6. The van der Waals surface area contributed by atoms with Crippen LogP contribution < -0.4 is 5.73 Å². The predicted octanol–water partition coefficient (Wildman–Crippen LogP) is 4.92. The van der Waals surface area contributed by atoms with E-state index in [2.05, 4.69) is 13.8 Å². The molecule has 1 aliphatic carbocycles. The number of alkyl halides is 3. The van der Waals surface area contributed by atoms with E-state index in [1.807, 2.05) is 0 Å². The van der Waals surface area contributed by atoms with Crippen LogP contribution in [0.3, 0.4) is 0 Å². The van der Waals surface area contributed by atoms with E-state index in [9.17, 15) is 13.2 Å². The number of rotatable bonds is 2. The van der Waals surface area contributed by atoms with Gasteiger partial charge in [-0.15, -0.1) is 0 Å². The molecule has 0 saturated heterocycles. The molecular formula is C16H22F3N. The predicted molar refractivity (Wildman–Crippen MR) is 74.1 cm³/mol. The van der Waals surface area contributed by atoms with Crippen LogP contribution in [0.2, 0.25) is 0 Å². The van der Waals surface area contributed by atoms with Crippen molar-refractivity contribution < 1.29 is 13.2 Å². The highest BCUT2D eigenvalue weighted by atomic mass is 19.4. The maximum Gasteiger partial charge on any atom is 0.416 e. The highest BCUT2D eigenvalue weighted by Crippen LogP contribution is 2.46. The Bertz CT molecular complexity index is 448. The van der Waals surface area contributed by atoms with Crippen LogP contribution in [0.5, 0.6) is 0 Å². The van der Waals surface area contributed by atoms with Gasteiger partial charge >= 0.3 is 6.18 Å². The Morgan fingerprint density at radius 1 is 1.15 bits per heavy atom. The van der Waals surface area contributed by atoms with E-state index in [1.54, 1.807) is 0 Å². The molecule has 112 valence electrons.